The first-order valence-corrected chi connectivity index (χ1v) is 10.5. The van der Waals surface area contributed by atoms with Crippen LogP contribution < -0.4 is 5.32 Å². The molecule has 4 amide bonds. The van der Waals surface area contributed by atoms with Crippen molar-refractivity contribution in [2.75, 3.05) is 13.1 Å². The highest BCUT2D eigenvalue weighted by Gasteiger charge is 2.51. The molecule has 140 valence electrons. The van der Waals surface area contributed by atoms with Crippen LogP contribution in [0.5, 0.6) is 0 Å². The fourth-order valence-electron chi connectivity index (χ4n) is 4.56. The number of imide groups is 1. The molecule has 1 unspecified atom stereocenters. The van der Waals surface area contributed by atoms with Gasteiger partial charge in [0.25, 0.3) is 5.91 Å². The standard InChI is InChI=1S/C19H25N3O3S/c23-16(21-11-5-7-14(21)15-8-6-12-26-15)13-22-17(24)19(20-18(22)25)9-3-1-2-4-10-19/h6,8,12,14H,1-5,7,9-11,13H2,(H,20,25). The normalized spacial score (nSPS) is 25.6. The highest BCUT2D eigenvalue weighted by molar-refractivity contribution is 7.10. The van der Waals surface area contributed by atoms with Crippen LogP contribution in [0.25, 0.3) is 0 Å². The lowest BCUT2D eigenvalue weighted by molar-refractivity contribution is -0.139. The second-order valence-electron chi connectivity index (χ2n) is 7.58. The Morgan fingerprint density at radius 2 is 1.96 bits per heavy atom. The van der Waals surface area contributed by atoms with Gasteiger partial charge in [0.2, 0.25) is 5.91 Å². The topological polar surface area (TPSA) is 69.7 Å². The smallest absolute Gasteiger partial charge is 0.325 e. The summed E-state index contributed by atoms with van der Waals surface area (Å²) >= 11 is 1.65. The largest absolute Gasteiger partial charge is 0.333 e. The predicted octanol–water partition coefficient (Wildman–Crippen LogP) is 3.06. The second-order valence-corrected chi connectivity index (χ2v) is 8.56. The Morgan fingerprint density at radius 3 is 2.65 bits per heavy atom. The lowest BCUT2D eigenvalue weighted by Gasteiger charge is -2.27. The van der Waals surface area contributed by atoms with E-state index in [-0.39, 0.29) is 24.4 Å². The molecule has 7 heteroatoms. The summed E-state index contributed by atoms with van der Waals surface area (Å²) < 4.78 is 0. The molecule has 1 atom stereocenters. The number of nitrogens with zero attached hydrogens (tertiary/aromatic N) is 2. The molecule has 3 fully saturated rings. The van der Waals surface area contributed by atoms with Crippen LogP contribution in [-0.4, -0.2) is 46.3 Å². The first-order chi connectivity index (χ1) is 12.6. The number of carbonyl (C=O) groups excluding carboxylic acids is 3. The maximum absolute atomic E-state index is 13.0. The van der Waals surface area contributed by atoms with Crippen LogP contribution in [0.4, 0.5) is 4.79 Å². The van der Waals surface area contributed by atoms with Crippen molar-refractivity contribution in [1.82, 2.24) is 15.1 Å². The predicted molar refractivity (Wildman–Crippen MR) is 98.7 cm³/mol. The summed E-state index contributed by atoms with van der Waals surface area (Å²) in [7, 11) is 0. The van der Waals surface area contributed by atoms with Gasteiger partial charge in [-0.15, -0.1) is 11.3 Å². The Kier molecular flexibility index (Phi) is 4.73. The zero-order valence-corrected chi connectivity index (χ0v) is 15.7. The summed E-state index contributed by atoms with van der Waals surface area (Å²) in [6.07, 6.45) is 7.35. The van der Waals surface area contributed by atoms with Crippen LogP contribution in [0.15, 0.2) is 17.5 Å². The van der Waals surface area contributed by atoms with Gasteiger partial charge in [-0.2, -0.15) is 0 Å². The Balaban J connectivity index is 1.47. The van der Waals surface area contributed by atoms with Crippen LogP contribution in [-0.2, 0) is 9.59 Å². The van der Waals surface area contributed by atoms with Crippen LogP contribution in [0, 0.1) is 0 Å². The van der Waals surface area contributed by atoms with Crippen LogP contribution in [0.1, 0.15) is 62.3 Å². The van der Waals surface area contributed by atoms with Crippen molar-refractivity contribution in [3.8, 4) is 0 Å². The molecule has 1 saturated carbocycles. The van der Waals surface area contributed by atoms with Crippen LogP contribution >= 0.6 is 11.3 Å². The molecule has 3 heterocycles. The summed E-state index contributed by atoms with van der Waals surface area (Å²) in [6, 6.07) is 3.72. The summed E-state index contributed by atoms with van der Waals surface area (Å²) in [5.41, 5.74) is -0.772. The third-order valence-electron chi connectivity index (χ3n) is 5.94. The molecule has 3 aliphatic rings. The highest BCUT2D eigenvalue weighted by Crippen LogP contribution is 2.36. The van der Waals surface area contributed by atoms with Gasteiger partial charge in [0.15, 0.2) is 0 Å². The minimum absolute atomic E-state index is 0.0788. The molecule has 2 aliphatic heterocycles. The number of hydrogen-bond acceptors (Lipinski definition) is 4. The lowest BCUT2D eigenvalue weighted by atomic mass is 9.90. The van der Waals surface area contributed by atoms with Crippen molar-refractivity contribution < 1.29 is 14.4 Å². The number of likely N-dealkylation sites (tertiary alicyclic amines) is 1. The minimum Gasteiger partial charge on any atom is -0.333 e. The molecule has 4 rings (SSSR count). The monoisotopic (exact) mass is 375 g/mol. The Hall–Kier alpha value is -1.89. The lowest BCUT2D eigenvalue weighted by Crippen LogP contribution is -2.47. The number of hydrogen-bond donors (Lipinski definition) is 1. The Morgan fingerprint density at radius 1 is 1.19 bits per heavy atom. The Labute approximate surface area is 157 Å². The third-order valence-corrected chi connectivity index (χ3v) is 6.91. The van der Waals surface area contributed by atoms with Gasteiger partial charge in [0.05, 0.1) is 6.04 Å². The molecule has 0 radical (unpaired) electrons. The highest BCUT2D eigenvalue weighted by atomic mass is 32.1. The molecule has 2 saturated heterocycles. The van der Waals surface area contributed by atoms with E-state index in [0.717, 1.165) is 43.4 Å². The number of thiophene rings is 1. The number of urea groups is 1. The summed E-state index contributed by atoms with van der Waals surface area (Å²) in [6.45, 7) is 0.546. The SMILES string of the molecule is O=C1NC2(CCCCCC2)C(=O)N1CC(=O)N1CCCC1c1cccs1. The van der Waals surface area contributed by atoms with Crippen molar-refractivity contribution in [3.05, 3.63) is 22.4 Å². The number of rotatable bonds is 3. The number of carbonyl (C=O) groups is 3. The van der Waals surface area contributed by atoms with Gasteiger partial charge in [-0.05, 0) is 37.1 Å². The van der Waals surface area contributed by atoms with Gasteiger partial charge >= 0.3 is 6.03 Å². The molecule has 1 N–H and O–H groups in total. The summed E-state index contributed by atoms with van der Waals surface area (Å²) in [5.74, 6) is -0.334. The maximum Gasteiger partial charge on any atom is 0.325 e. The van der Waals surface area contributed by atoms with E-state index in [2.05, 4.69) is 11.4 Å². The second kappa shape index (κ2) is 7.02. The van der Waals surface area contributed by atoms with Crippen LogP contribution in [0.3, 0.4) is 0 Å². The number of nitrogens with one attached hydrogen (secondary N) is 1. The summed E-state index contributed by atoms with van der Waals surface area (Å²) in [5, 5.41) is 4.93. The molecule has 0 bridgehead atoms. The molecule has 1 spiro atoms. The summed E-state index contributed by atoms with van der Waals surface area (Å²) in [4.78, 5) is 42.5. The third kappa shape index (κ3) is 3.02. The van der Waals surface area contributed by atoms with Crippen molar-refractivity contribution in [1.29, 1.82) is 0 Å². The fraction of sp³-hybridized carbons (Fsp3) is 0.632. The maximum atomic E-state index is 13.0. The van der Waals surface area contributed by atoms with E-state index in [1.54, 1.807) is 11.3 Å². The molecular weight excluding hydrogens is 350 g/mol. The van der Waals surface area contributed by atoms with E-state index in [1.165, 1.54) is 4.88 Å². The van der Waals surface area contributed by atoms with Gasteiger partial charge in [-0.1, -0.05) is 31.7 Å². The zero-order chi connectivity index (χ0) is 18.1. The van der Waals surface area contributed by atoms with Gasteiger partial charge in [-0.3, -0.25) is 14.5 Å². The van der Waals surface area contributed by atoms with E-state index < -0.39 is 11.6 Å². The minimum atomic E-state index is -0.772. The average molecular weight is 375 g/mol. The Bertz CT molecular complexity index is 695. The average Bonchev–Trinajstić information content (AvgIpc) is 3.31. The molecule has 1 aromatic rings. The van der Waals surface area contributed by atoms with Gasteiger partial charge in [-0.25, -0.2) is 4.79 Å². The molecule has 26 heavy (non-hydrogen) atoms. The van der Waals surface area contributed by atoms with E-state index in [9.17, 15) is 14.4 Å². The van der Waals surface area contributed by atoms with Crippen molar-refractivity contribution in [2.24, 2.45) is 0 Å². The first-order valence-electron chi connectivity index (χ1n) is 9.58. The van der Waals surface area contributed by atoms with Crippen molar-refractivity contribution >= 4 is 29.2 Å². The molecule has 1 aromatic heterocycles. The molecular formula is C19H25N3O3S. The van der Waals surface area contributed by atoms with Gasteiger partial charge < -0.3 is 10.2 Å². The van der Waals surface area contributed by atoms with Crippen molar-refractivity contribution in [2.45, 2.75) is 62.9 Å². The quantitative estimate of drug-likeness (QED) is 0.826. The van der Waals surface area contributed by atoms with E-state index >= 15 is 0 Å². The first kappa shape index (κ1) is 17.5. The van der Waals surface area contributed by atoms with Gasteiger partial charge in [0, 0.05) is 11.4 Å². The van der Waals surface area contributed by atoms with E-state index in [1.807, 2.05) is 16.3 Å². The molecule has 6 nitrogen and oxygen atoms in total. The number of amides is 4. The molecule has 0 aromatic carbocycles. The van der Waals surface area contributed by atoms with Gasteiger partial charge in [0.1, 0.15) is 12.1 Å². The fourth-order valence-corrected chi connectivity index (χ4v) is 5.43. The van der Waals surface area contributed by atoms with Crippen LogP contribution in [0.2, 0.25) is 0 Å². The van der Waals surface area contributed by atoms with Crippen molar-refractivity contribution in [3.63, 3.8) is 0 Å². The zero-order valence-electron chi connectivity index (χ0n) is 14.9. The van der Waals surface area contributed by atoms with E-state index in [4.69, 9.17) is 0 Å². The molecule has 1 aliphatic carbocycles. The van der Waals surface area contributed by atoms with E-state index in [0.29, 0.717) is 19.4 Å².